The van der Waals surface area contributed by atoms with Gasteiger partial charge in [0.05, 0.1) is 35.1 Å². The first kappa shape index (κ1) is 16.0. The Bertz CT molecular complexity index is 1140. The van der Waals surface area contributed by atoms with E-state index >= 15 is 0 Å². The van der Waals surface area contributed by atoms with Gasteiger partial charge >= 0.3 is 0 Å². The number of hydrogen-bond acceptors (Lipinski definition) is 4. The van der Waals surface area contributed by atoms with Gasteiger partial charge in [-0.25, -0.2) is 15.0 Å². The van der Waals surface area contributed by atoms with Crippen molar-refractivity contribution in [2.24, 2.45) is 0 Å². The third kappa shape index (κ3) is 2.38. The number of fused-ring (bicyclic) bond motifs is 3. The molecule has 4 aromatic rings. The van der Waals surface area contributed by atoms with Crippen molar-refractivity contribution in [3.8, 4) is 17.1 Å². The molecule has 1 aromatic carbocycles. The zero-order chi connectivity index (χ0) is 17.7. The zero-order valence-corrected chi connectivity index (χ0v) is 15.4. The Morgan fingerprint density at radius 2 is 1.92 bits per heavy atom. The Morgan fingerprint density at radius 3 is 2.64 bits per heavy atom. The van der Waals surface area contributed by atoms with E-state index in [4.69, 9.17) is 4.74 Å². The molecule has 0 aliphatic rings. The SMILES string of the molecule is COc1cc(Br)cc2c1nc(C)c1c(C)nc(-c3cccnc3F)n12. The predicted octanol–water partition coefficient (Wildman–Crippen LogP) is 4.47. The van der Waals surface area contributed by atoms with Gasteiger partial charge in [0.15, 0.2) is 0 Å². The molecule has 0 amide bonds. The molecule has 0 atom stereocenters. The number of rotatable bonds is 2. The first-order valence-corrected chi connectivity index (χ1v) is 8.44. The Morgan fingerprint density at radius 1 is 1.16 bits per heavy atom. The van der Waals surface area contributed by atoms with Crippen LogP contribution in [0.15, 0.2) is 34.9 Å². The van der Waals surface area contributed by atoms with Crippen molar-refractivity contribution in [2.45, 2.75) is 13.8 Å². The highest BCUT2D eigenvalue weighted by Crippen LogP contribution is 2.34. The van der Waals surface area contributed by atoms with Crippen molar-refractivity contribution in [1.29, 1.82) is 0 Å². The lowest BCUT2D eigenvalue weighted by molar-refractivity contribution is 0.418. The second-order valence-corrected chi connectivity index (χ2v) is 6.64. The molecule has 0 radical (unpaired) electrons. The summed E-state index contributed by atoms with van der Waals surface area (Å²) in [4.78, 5) is 13.0. The summed E-state index contributed by atoms with van der Waals surface area (Å²) in [5.74, 6) is 0.575. The average Bonchev–Trinajstić information content (AvgIpc) is 2.93. The van der Waals surface area contributed by atoms with Crippen LogP contribution in [0.5, 0.6) is 5.75 Å². The third-order valence-corrected chi connectivity index (χ3v) is 4.61. The molecule has 5 nitrogen and oxygen atoms in total. The maximum absolute atomic E-state index is 14.3. The molecule has 0 spiro atoms. The van der Waals surface area contributed by atoms with E-state index in [2.05, 4.69) is 30.9 Å². The van der Waals surface area contributed by atoms with Crippen LogP contribution in [-0.4, -0.2) is 26.5 Å². The van der Waals surface area contributed by atoms with Gasteiger partial charge in [0.1, 0.15) is 17.1 Å². The van der Waals surface area contributed by atoms with E-state index in [1.807, 2.05) is 30.4 Å². The molecule has 0 fully saturated rings. The quantitative estimate of drug-likeness (QED) is 0.465. The molecular weight excluding hydrogens is 387 g/mol. The fraction of sp³-hybridized carbons (Fsp3) is 0.167. The van der Waals surface area contributed by atoms with E-state index < -0.39 is 5.95 Å². The summed E-state index contributed by atoms with van der Waals surface area (Å²) in [6.07, 6.45) is 1.42. The standard InChI is InChI=1S/C18H14BrFN4O/c1-9-16-10(2)23-18(12-5-4-6-21-17(12)20)24(16)13-7-11(19)8-14(25-3)15(13)22-9/h4-8H,1-3H3. The molecule has 3 aromatic heterocycles. The van der Waals surface area contributed by atoms with E-state index in [0.29, 0.717) is 22.7 Å². The van der Waals surface area contributed by atoms with E-state index in [1.165, 1.54) is 6.20 Å². The first-order chi connectivity index (χ1) is 12.0. The number of methoxy groups -OCH3 is 1. The largest absolute Gasteiger partial charge is 0.494 e. The maximum Gasteiger partial charge on any atom is 0.223 e. The molecule has 0 saturated carbocycles. The molecule has 0 aliphatic carbocycles. The van der Waals surface area contributed by atoms with Crippen LogP contribution < -0.4 is 4.74 Å². The van der Waals surface area contributed by atoms with Crippen molar-refractivity contribution in [3.05, 3.63) is 52.3 Å². The monoisotopic (exact) mass is 400 g/mol. The average molecular weight is 401 g/mol. The summed E-state index contributed by atoms with van der Waals surface area (Å²) in [5, 5.41) is 0. The first-order valence-electron chi connectivity index (χ1n) is 7.65. The molecule has 4 rings (SSSR count). The van der Waals surface area contributed by atoms with Crippen LogP contribution in [0.2, 0.25) is 0 Å². The number of nitrogens with zero attached hydrogens (tertiary/aromatic N) is 4. The summed E-state index contributed by atoms with van der Waals surface area (Å²) >= 11 is 3.50. The van der Waals surface area contributed by atoms with Crippen LogP contribution in [-0.2, 0) is 0 Å². The van der Waals surface area contributed by atoms with Gasteiger partial charge in [-0.2, -0.15) is 4.39 Å². The van der Waals surface area contributed by atoms with Crippen LogP contribution in [0.3, 0.4) is 0 Å². The molecule has 0 unspecified atom stereocenters. The summed E-state index contributed by atoms with van der Waals surface area (Å²) < 4.78 is 22.6. The Labute approximate surface area is 151 Å². The number of imidazole rings is 1. The lowest BCUT2D eigenvalue weighted by atomic mass is 10.2. The number of halogens is 2. The third-order valence-electron chi connectivity index (χ3n) is 4.15. The Hall–Kier alpha value is -2.54. The fourth-order valence-electron chi connectivity index (χ4n) is 3.14. The predicted molar refractivity (Wildman–Crippen MR) is 97.4 cm³/mol. The van der Waals surface area contributed by atoms with Gasteiger partial charge in [-0.05, 0) is 38.1 Å². The molecule has 0 aliphatic heterocycles. The van der Waals surface area contributed by atoms with Gasteiger partial charge in [-0.3, -0.25) is 4.40 Å². The number of ether oxygens (including phenoxy) is 1. The van der Waals surface area contributed by atoms with Gasteiger partial charge in [-0.1, -0.05) is 15.9 Å². The number of benzene rings is 1. The molecule has 3 heterocycles. The van der Waals surface area contributed by atoms with Crippen molar-refractivity contribution >= 4 is 32.5 Å². The van der Waals surface area contributed by atoms with Gasteiger partial charge in [0.25, 0.3) is 0 Å². The van der Waals surface area contributed by atoms with Crippen molar-refractivity contribution < 1.29 is 9.13 Å². The Kier molecular flexibility index (Phi) is 3.68. The minimum atomic E-state index is -0.557. The molecule has 126 valence electrons. The van der Waals surface area contributed by atoms with Crippen molar-refractivity contribution in [3.63, 3.8) is 0 Å². The molecule has 7 heteroatoms. The van der Waals surface area contributed by atoms with Crippen LogP contribution in [0.4, 0.5) is 4.39 Å². The fourth-order valence-corrected chi connectivity index (χ4v) is 3.57. The highest BCUT2D eigenvalue weighted by Gasteiger charge is 2.20. The second kappa shape index (κ2) is 5.77. The van der Waals surface area contributed by atoms with Gasteiger partial charge in [0.2, 0.25) is 5.95 Å². The normalized spacial score (nSPS) is 11.4. The van der Waals surface area contributed by atoms with E-state index in [1.54, 1.807) is 19.2 Å². The highest BCUT2D eigenvalue weighted by atomic mass is 79.9. The Balaban J connectivity index is 2.25. The lowest BCUT2D eigenvalue weighted by Gasteiger charge is -2.12. The van der Waals surface area contributed by atoms with Crippen LogP contribution in [0.25, 0.3) is 27.9 Å². The molecule has 0 bridgehead atoms. The topological polar surface area (TPSA) is 52.3 Å². The van der Waals surface area contributed by atoms with Crippen LogP contribution in [0, 0.1) is 19.8 Å². The van der Waals surface area contributed by atoms with Crippen molar-refractivity contribution in [2.75, 3.05) is 7.11 Å². The van der Waals surface area contributed by atoms with E-state index in [0.717, 1.165) is 26.9 Å². The number of aryl methyl sites for hydroxylation is 2. The molecule has 25 heavy (non-hydrogen) atoms. The van der Waals surface area contributed by atoms with Crippen LogP contribution >= 0.6 is 15.9 Å². The van der Waals surface area contributed by atoms with Gasteiger partial charge in [-0.15, -0.1) is 0 Å². The van der Waals surface area contributed by atoms with Gasteiger partial charge < -0.3 is 4.74 Å². The summed E-state index contributed by atoms with van der Waals surface area (Å²) in [6.45, 7) is 3.80. The van der Waals surface area contributed by atoms with Gasteiger partial charge in [0, 0.05) is 10.7 Å². The number of pyridine rings is 1. The highest BCUT2D eigenvalue weighted by molar-refractivity contribution is 9.10. The van der Waals surface area contributed by atoms with E-state index in [9.17, 15) is 4.39 Å². The molecular formula is C18H14BrFN4O. The zero-order valence-electron chi connectivity index (χ0n) is 13.8. The summed E-state index contributed by atoms with van der Waals surface area (Å²) in [5.41, 5.74) is 4.25. The minimum Gasteiger partial charge on any atom is -0.494 e. The number of aromatic nitrogens is 4. The second-order valence-electron chi connectivity index (χ2n) is 5.72. The summed E-state index contributed by atoms with van der Waals surface area (Å²) in [7, 11) is 1.60. The smallest absolute Gasteiger partial charge is 0.223 e. The number of hydrogen-bond donors (Lipinski definition) is 0. The minimum absolute atomic E-state index is 0.344. The summed E-state index contributed by atoms with van der Waals surface area (Å²) in [6, 6.07) is 7.15. The van der Waals surface area contributed by atoms with Crippen LogP contribution in [0.1, 0.15) is 11.4 Å². The van der Waals surface area contributed by atoms with Crippen molar-refractivity contribution in [1.82, 2.24) is 19.4 Å². The lowest BCUT2D eigenvalue weighted by Crippen LogP contribution is -2.00. The maximum atomic E-state index is 14.3. The molecule has 0 saturated heterocycles. The molecule has 0 N–H and O–H groups in total. The van der Waals surface area contributed by atoms with E-state index in [-0.39, 0.29) is 0 Å².